The largest absolute Gasteiger partial charge is 0.508 e. The van der Waals surface area contributed by atoms with E-state index in [0.717, 1.165) is 0 Å². The zero-order valence-corrected chi connectivity index (χ0v) is 11.6. The third kappa shape index (κ3) is 3.83. The van der Waals surface area contributed by atoms with E-state index in [1.54, 1.807) is 42.7 Å². The minimum absolute atomic E-state index is 0.138. The molecule has 6 heteroatoms. The van der Waals surface area contributed by atoms with Crippen LogP contribution in [0.5, 0.6) is 5.75 Å². The molecule has 0 aliphatic heterocycles. The van der Waals surface area contributed by atoms with Gasteiger partial charge >= 0.3 is 6.03 Å². The number of benzene rings is 2. The molecule has 3 N–H and O–H groups in total. The predicted octanol–water partition coefficient (Wildman–Crippen LogP) is 2.77. The molecule has 0 aliphatic carbocycles. The molecular formula is C14H14N2O3S. The molecule has 104 valence electrons. The summed E-state index contributed by atoms with van der Waals surface area (Å²) in [6, 6.07) is 12.6. The number of hydrogen-bond acceptors (Lipinski definition) is 3. The first-order valence-corrected chi connectivity index (χ1v) is 7.41. The molecule has 5 nitrogen and oxygen atoms in total. The SMILES string of the molecule is C[S@@](=O)c1ccc(NC(=O)Nc2ccc(O)cc2)cc1. The minimum Gasteiger partial charge on any atom is -0.508 e. The van der Waals surface area contributed by atoms with Gasteiger partial charge in [-0.25, -0.2) is 4.79 Å². The highest BCUT2D eigenvalue weighted by Crippen LogP contribution is 2.15. The van der Waals surface area contributed by atoms with Crippen LogP contribution in [0.1, 0.15) is 0 Å². The number of phenols is 1. The van der Waals surface area contributed by atoms with Gasteiger partial charge in [0.2, 0.25) is 0 Å². The summed E-state index contributed by atoms with van der Waals surface area (Å²) in [5.41, 5.74) is 1.18. The monoisotopic (exact) mass is 290 g/mol. The molecule has 20 heavy (non-hydrogen) atoms. The summed E-state index contributed by atoms with van der Waals surface area (Å²) in [5, 5.41) is 14.4. The fourth-order valence-corrected chi connectivity index (χ4v) is 2.09. The van der Waals surface area contributed by atoms with Crippen LogP contribution in [0.15, 0.2) is 53.4 Å². The maximum Gasteiger partial charge on any atom is 0.323 e. The van der Waals surface area contributed by atoms with E-state index in [2.05, 4.69) is 10.6 Å². The molecule has 0 spiro atoms. The van der Waals surface area contributed by atoms with Gasteiger partial charge in [-0.15, -0.1) is 0 Å². The standard InChI is InChI=1S/C14H14N2O3S/c1-20(19)13-8-4-11(5-9-13)16-14(18)15-10-2-6-12(17)7-3-10/h2-9,17H,1H3,(H2,15,16,18)/t20-/m1/s1. The van der Waals surface area contributed by atoms with Crippen LogP contribution in [0.4, 0.5) is 16.2 Å². The molecule has 0 aromatic heterocycles. The van der Waals surface area contributed by atoms with E-state index in [0.29, 0.717) is 16.3 Å². The number of rotatable bonds is 3. The second-order valence-electron chi connectivity index (χ2n) is 4.10. The average Bonchev–Trinajstić information content (AvgIpc) is 2.42. The summed E-state index contributed by atoms with van der Waals surface area (Å²) in [6.07, 6.45) is 1.60. The van der Waals surface area contributed by atoms with E-state index in [-0.39, 0.29) is 11.8 Å². The number of carbonyl (C=O) groups is 1. The van der Waals surface area contributed by atoms with Gasteiger partial charge in [0.05, 0.1) is 0 Å². The molecule has 0 aliphatic rings. The van der Waals surface area contributed by atoms with Gasteiger partial charge in [-0.3, -0.25) is 4.21 Å². The Morgan fingerprint density at radius 3 is 1.85 bits per heavy atom. The van der Waals surface area contributed by atoms with E-state index >= 15 is 0 Å². The molecule has 0 unspecified atom stereocenters. The lowest BCUT2D eigenvalue weighted by atomic mass is 10.3. The highest BCUT2D eigenvalue weighted by Gasteiger charge is 2.03. The number of aromatic hydroxyl groups is 1. The Balaban J connectivity index is 1.97. The normalized spacial score (nSPS) is 11.7. The van der Waals surface area contributed by atoms with E-state index < -0.39 is 10.8 Å². The second kappa shape index (κ2) is 6.21. The Kier molecular flexibility index (Phi) is 4.37. The van der Waals surface area contributed by atoms with Crippen LogP contribution in [0.25, 0.3) is 0 Å². The number of urea groups is 1. The van der Waals surface area contributed by atoms with Crippen molar-refractivity contribution < 1.29 is 14.1 Å². The topological polar surface area (TPSA) is 78.4 Å². The van der Waals surface area contributed by atoms with Gasteiger partial charge in [0.15, 0.2) is 0 Å². The molecule has 2 aromatic rings. The zero-order valence-electron chi connectivity index (χ0n) is 10.8. The minimum atomic E-state index is -1.04. The van der Waals surface area contributed by atoms with Crippen molar-refractivity contribution in [3.63, 3.8) is 0 Å². The highest BCUT2D eigenvalue weighted by atomic mass is 32.2. The maximum absolute atomic E-state index is 11.7. The molecule has 1 atom stereocenters. The lowest BCUT2D eigenvalue weighted by Crippen LogP contribution is -2.19. The van der Waals surface area contributed by atoms with Crippen molar-refractivity contribution in [3.8, 4) is 5.75 Å². The van der Waals surface area contributed by atoms with E-state index in [4.69, 9.17) is 5.11 Å². The fourth-order valence-electron chi connectivity index (χ4n) is 1.57. The first kappa shape index (κ1) is 14.1. The van der Waals surface area contributed by atoms with Crippen LogP contribution < -0.4 is 10.6 Å². The summed E-state index contributed by atoms with van der Waals surface area (Å²) >= 11 is 0. The molecule has 0 bridgehead atoms. The molecule has 0 saturated heterocycles. The Hall–Kier alpha value is -2.34. The van der Waals surface area contributed by atoms with Crippen molar-refractivity contribution >= 4 is 28.2 Å². The van der Waals surface area contributed by atoms with Gasteiger partial charge in [0.25, 0.3) is 0 Å². The van der Waals surface area contributed by atoms with Crippen LogP contribution in [0.3, 0.4) is 0 Å². The Bertz CT molecular complexity index is 624. The number of carbonyl (C=O) groups excluding carboxylic acids is 1. The van der Waals surface area contributed by atoms with Gasteiger partial charge in [0, 0.05) is 33.3 Å². The summed E-state index contributed by atoms with van der Waals surface area (Å²) < 4.78 is 11.2. The third-order valence-electron chi connectivity index (χ3n) is 2.57. The highest BCUT2D eigenvalue weighted by molar-refractivity contribution is 7.84. The first-order chi connectivity index (χ1) is 9.54. The van der Waals surface area contributed by atoms with Crippen molar-refractivity contribution in [1.82, 2.24) is 0 Å². The maximum atomic E-state index is 11.7. The van der Waals surface area contributed by atoms with Crippen molar-refractivity contribution in [2.75, 3.05) is 16.9 Å². The van der Waals surface area contributed by atoms with E-state index in [9.17, 15) is 9.00 Å². The predicted molar refractivity (Wildman–Crippen MR) is 79.5 cm³/mol. The molecule has 0 saturated carbocycles. The first-order valence-electron chi connectivity index (χ1n) is 5.85. The molecule has 2 aromatic carbocycles. The fraction of sp³-hybridized carbons (Fsp3) is 0.0714. The van der Waals surface area contributed by atoms with Gasteiger partial charge in [-0.05, 0) is 48.5 Å². The number of amides is 2. The third-order valence-corrected chi connectivity index (χ3v) is 3.51. The molecule has 2 rings (SSSR count). The summed E-state index contributed by atoms with van der Waals surface area (Å²) in [7, 11) is -1.04. The molecule has 0 radical (unpaired) electrons. The van der Waals surface area contributed by atoms with Crippen molar-refractivity contribution in [1.29, 1.82) is 0 Å². The molecule has 0 heterocycles. The Labute approximate surface area is 119 Å². The van der Waals surface area contributed by atoms with Crippen LogP contribution in [0.2, 0.25) is 0 Å². The van der Waals surface area contributed by atoms with Crippen LogP contribution in [0, 0.1) is 0 Å². The van der Waals surface area contributed by atoms with E-state index in [1.807, 2.05) is 0 Å². The van der Waals surface area contributed by atoms with Crippen molar-refractivity contribution in [2.45, 2.75) is 4.90 Å². The van der Waals surface area contributed by atoms with Gasteiger partial charge in [-0.2, -0.15) is 0 Å². The van der Waals surface area contributed by atoms with Crippen LogP contribution in [-0.4, -0.2) is 21.6 Å². The van der Waals surface area contributed by atoms with Crippen molar-refractivity contribution in [2.24, 2.45) is 0 Å². The van der Waals surface area contributed by atoms with Gasteiger partial charge in [-0.1, -0.05) is 0 Å². The number of anilines is 2. The Morgan fingerprint density at radius 1 is 0.950 bits per heavy atom. The smallest absolute Gasteiger partial charge is 0.323 e. The lowest BCUT2D eigenvalue weighted by molar-refractivity contribution is 0.262. The summed E-state index contributed by atoms with van der Waals surface area (Å²) in [4.78, 5) is 12.4. The number of nitrogens with one attached hydrogen (secondary N) is 2. The lowest BCUT2D eigenvalue weighted by Gasteiger charge is -2.08. The molecular weight excluding hydrogens is 276 g/mol. The average molecular weight is 290 g/mol. The molecule has 2 amide bonds. The molecule has 0 fully saturated rings. The van der Waals surface area contributed by atoms with Gasteiger partial charge in [0.1, 0.15) is 5.75 Å². The summed E-state index contributed by atoms with van der Waals surface area (Å²) in [5.74, 6) is 0.138. The van der Waals surface area contributed by atoms with Gasteiger partial charge < -0.3 is 15.7 Å². The zero-order chi connectivity index (χ0) is 14.5. The Morgan fingerprint density at radius 2 is 1.40 bits per heavy atom. The number of phenolic OH excluding ortho intramolecular Hbond substituents is 1. The van der Waals surface area contributed by atoms with Crippen LogP contribution >= 0.6 is 0 Å². The van der Waals surface area contributed by atoms with Crippen molar-refractivity contribution in [3.05, 3.63) is 48.5 Å². The quantitative estimate of drug-likeness (QED) is 0.761. The second-order valence-corrected chi connectivity index (χ2v) is 5.48. The summed E-state index contributed by atoms with van der Waals surface area (Å²) in [6.45, 7) is 0. The number of hydrogen-bond donors (Lipinski definition) is 3. The van der Waals surface area contributed by atoms with E-state index in [1.165, 1.54) is 12.1 Å². The van der Waals surface area contributed by atoms with Crippen LogP contribution in [-0.2, 0) is 10.8 Å².